The second kappa shape index (κ2) is 6.62. The van der Waals surface area contributed by atoms with Crippen molar-refractivity contribution in [3.05, 3.63) is 42.7 Å². The molecule has 0 radical (unpaired) electrons. The lowest BCUT2D eigenvalue weighted by Gasteiger charge is -2.18. The van der Waals surface area contributed by atoms with Gasteiger partial charge in [-0.15, -0.1) is 0 Å². The number of hydrogen-bond donors (Lipinski definition) is 1. The lowest BCUT2D eigenvalue weighted by atomic mass is 10.1. The Morgan fingerprint density at radius 2 is 1.76 bits per heavy atom. The van der Waals surface area contributed by atoms with E-state index in [0.717, 1.165) is 66.4 Å². The first kappa shape index (κ1) is 16.6. The molecule has 2 aromatic carbocycles. The second-order valence-electron chi connectivity index (χ2n) is 7.69. The molecule has 0 saturated carbocycles. The monoisotopic (exact) mass is 386 g/mol. The Morgan fingerprint density at radius 3 is 2.55 bits per heavy atom. The van der Waals surface area contributed by atoms with Crippen LogP contribution >= 0.6 is 0 Å². The number of benzene rings is 2. The SMILES string of the molecule is c1nc(-c2ccc(-c3nc4cc(N5CCCC5)cc5c4n3CCCO5)cc2)n[nH]1. The van der Waals surface area contributed by atoms with Crippen LogP contribution in [0.15, 0.2) is 42.7 Å². The maximum Gasteiger partial charge on any atom is 0.180 e. The molecule has 4 aromatic rings. The second-order valence-corrected chi connectivity index (χ2v) is 7.69. The van der Waals surface area contributed by atoms with Gasteiger partial charge in [0.2, 0.25) is 0 Å². The average Bonchev–Trinajstić information content (AvgIpc) is 3.49. The largest absolute Gasteiger partial charge is 0.491 e. The lowest BCUT2D eigenvalue weighted by Crippen LogP contribution is -2.17. The first-order valence-electron chi connectivity index (χ1n) is 10.3. The number of aromatic amines is 1. The zero-order valence-electron chi connectivity index (χ0n) is 16.1. The first-order valence-corrected chi connectivity index (χ1v) is 10.3. The molecule has 0 aliphatic carbocycles. The van der Waals surface area contributed by atoms with E-state index in [1.54, 1.807) is 6.33 Å². The van der Waals surface area contributed by atoms with Crippen molar-refractivity contribution in [2.75, 3.05) is 24.6 Å². The molecule has 2 aliphatic heterocycles. The van der Waals surface area contributed by atoms with Crippen LogP contribution in [0, 0.1) is 0 Å². The molecule has 2 aromatic heterocycles. The molecule has 29 heavy (non-hydrogen) atoms. The lowest BCUT2D eigenvalue weighted by molar-refractivity contribution is 0.316. The van der Waals surface area contributed by atoms with E-state index >= 15 is 0 Å². The number of aromatic nitrogens is 5. The Labute approximate surface area is 168 Å². The van der Waals surface area contributed by atoms with Crippen molar-refractivity contribution in [3.63, 3.8) is 0 Å². The van der Waals surface area contributed by atoms with Crippen molar-refractivity contribution in [3.8, 4) is 28.5 Å². The van der Waals surface area contributed by atoms with Crippen LogP contribution in [-0.2, 0) is 6.54 Å². The van der Waals surface area contributed by atoms with Gasteiger partial charge in [-0.05, 0) is 25.3 Å². The van der Waals surface area contributed by atoms with Crippen LogP contribution in [0.5, 0.6) is 5.75 Å². The van der Waals surface area contributed by atoms with Gasteiger partial charge in [-0.1, -0.05) is 24.3 Å². The quantitative estimate of drug-likeness (QED) is 0.579. The molecule has 2 aliphatic rings. The predicted molar refractivity (Wildman–Crippen MR) is 112 cm³/mol. The summed E-state index contributed by atoms with van der Waals surface area (Å²) in [5, 5.41) is 6.92. The zero-order chi connectivity index (χ0) is 19.2. The summed E-state index contributed by atoms with van der Waals surface area (Å²) in [5.74, 6) is 2.65. The number of rotatable bonds is 3. The van der Waals surface area contributed by atoms with Crippen LogP contribution < -0.4 is 9.64 Å². The highest BCUT2D eigenvalue weighted by Crippen LogP contribution is 2.37. The number of aryl methyl sites for hydroxylation is 1. The van der Waals surface area contributed by atoms with Crippen molar-refractivity contribution in [1.82, 2.24) is 24.7 Å². The van der Waals surface area contributed by atoms with Crippen molar-refractivity contribution < 1.29 is 4.74 Å². The van der Waals surface area contributed by atoms with Gasteiger partial charge in [0, 0.05) is 42.5 Å². The molecule has 0 amide bonds. The molecule has 4 heterocycles. The minimum atomic E-state index is 0.703. The van der Waals surface area contributed by atoms with Crippen LogP contribution in [0.3, 0.4) is 0 Å². The Kier molecular flexibility index (Phi) is 3.78. The van der Waals surface area contributed by atoms with Gasteiger partial charge in [-0.3, -0.25) is 5.10 Å². The third-order valence-electron chi connectivity index (χ3n) is 5.86. The summed E-state index contributed by atoms with van der Waals surface area (Å²) in [5.41, 5.74) is 5.43. The fourth-order valence-electron chi connectivity index (χ4n) is 4.44. The standard InChI is InChI=1S/C22H22N6O/c1-2-9-27(8-1)17-12-18-20-19(13-17)29-11-3-10-28(20)22(25-18)16-6-4-15(5-7-16)21-23-14-24-26-21/h4-7,12-14H,1-3,8-11H2,(H,23,24,26). The van der Waals surface area contributed by atoms with Crippen LogP contribution in [0.4, 0.5) is 5.69 Å². The van der Waals surface area contributed by atoms with Gasteiger partial charge >= 0.3 is 0 Å². The van der Waals surface area contributed by atoms with E-state index in [4.69, 9.17) is 9.72 Å². The Bertz CT molecular complexity index is 1160. The summed E-state index contributed by atoms with van der Waals surface area (Å²) in [4.78, 5) is 11.7. The molecule has 0 spiro atoms. The number of nitrogens with zero attached hydrogens (tertiary/aromatic N) is 5. The minimum Gasteiger partial charge on any atom is -0.491 e. The molecular weight excluding hydrogens is 364 g/mol. The van der Waals surface area contributed by atoms with Gasteiger partial charge in [0.25, 0.3) is 0 Å². The first-order chi connectivity index (χ1) is 14.4. The third kappa shape index (κ3) is 2.76. The van der Waals surface area contributed by atoms with Crippen LogP contribution in [-0.4, -0.2) is 44.4 Å². The minimum absolute atomic E-state index is 0.703. The highest BCUT2D eigenvalue weighted by molar-refractivity contribution is 5.90. The Balaban J connectivity index is 1.47. The molecule has 0 atom stereocenters. The number of ether oxygens (including phenoxy) is 1. The van der Waals surface area contributed by atoms with Gasteiger partial charge < -0.3 is 14.2 Å². The van der Waals surface area contributed by atoms with Crippen molar-refractivity contribution >= 4 is 16.7 Å². The van der Waals surface area contributed by atoms with E-state index in [0.29, 0.717) is 5.82 Å². The molecule has 0 bridgehead atoms. The summed E-state index contributed by atoms with van der Waals surface area (Å²) in [7, 11) is 0. The van der Waals surface area contributed by atoms with Gasteiger partial charge in [0.05, 0.1) is 12.1 Å². The molecule has 6 rings (SSSR count). The maximum atomic E-state index is 6.13. The highest BCUT2D eigenvalue weighted by atomic mass is 16.5. The summed E-state index contributed by atoms with van der Waals surface area (Å²) in [6.07, 6.45) is 5.08. The summed E-state index contributed by atoms with van der Waals surface area (Å²) in [6.45, 7) is 3.87. The maximum absolute atomic E-state index is 6.13. The van der Waals surface area contributed by atoms with Gasteiger partial charge in [0.15, 0.2) is 5.82 Å². The van der Waals surface area contributed by atoms with Crippen LogP contribution in [0.2, 0.25) is 0 Å². The van der Waals surface area contributed by atoms with E-state index in [2.05, 4.69) is 61.0 Å². The summed E-state index contributed by atoms with van der Waals surface area (Å²) < 4.78 is 8.44. The van der Waals surface area contributed by atoms with E-state index in [-0.39, 0.29) is 0 Å². The molecule has 146 valence electrons. The molecule has 7 heteroatoms. The smallest absolute Gasteiger partial charge is 0.180 e. The van der Waals surface area contributed by atoms with E-state index < -0.39 is 0 Å². The molecular formula is C22H22N6O. The molecule has 1 fully saturated rings. The normalized spacial score (nSPS) is 16.2. The number of anilines is 1. The predicted octanol–water partition coefficient (Wildman–Crippen LogP) is 3.87. The molecule has 1 saturated heterocycles. The van der Waals surface area contributed by atoms with Crippen molar-refractivity contribution in [2.45, 2.75) is 25.8 Å². The molecule has 0 unspecified atom stereocenters. The zero-order valence-corrected chi connectivity index (χ0v) is 16.1. The van der Waals surface area contributed by atoms with Gasteiger partial charge in [0.1, 0.15) is 23.4 Å². The average molecular weight is 386 g/mol. The fourth-order valence-corrected chi connectivity index (χ4v) is 4.44. The summed E-state index contributed by atoms with van der Waals surface area (Å²) in [6, 6.07) is 12.7. The fraction of sp³-hybridized carbons (Fsp3) is 0.318. The van der Waals surface area contributed by atoms with Crippen LogP contribution in [0.25, 0.3) is 33.8 Å². The molecule has 7 nitrogen and oxygen atoms in total. The van der Waals surface area contributed by atoms with Gasteiger partial charge in [-0.2, -0.15) is 5.10 Å². The van der Waals surface area contributed by atoms with E-state index in [1.807, 2.05) is 0 Å². The third-order valence-corrected chi connectivity index (χ3v) is 5.86. The van der Waals surface area contributed by atoms with E-state index in [1.165, 1.54) is 18.5 Å². The Hall–Kier alpha value is -3.35. The number of hydrogen-bond acceptors (Lipinski definition) is 5. The molecule has 1 N–H and O–H groups in total. The number of H-pyrrole nitrogens is 1. The van der Waals surface area contributed by atoms with Crippen molar-refractivity contribution in [2.24, 2.45) is 0 Å². The highest BCUT2D eigenvalue weighted by Gasteiger charge is 2.22. The topological polar surface area (TPSA) is 71.9 Å². The van der Waals surface area contributed by atoms with E-state index in [9.17, 15) is 0 Å². The number of nitrogens with one attached hydrogen (secondary N) is 1. The Morgan fingerprint density at radius 1 is 0.931 bits per heavy atom. The van der Waals surface area contributed by atoms with Crippen LogP contribution in [0.1, 0.15) is 19.3 Å². The van der Waals surface area contributed by atoms with Crippen molar-refractivity contribution in [1.29, 1.82) is 0 Å². The summed E-state index contributed by atoms with van der Waals surface area (Å²) >= 11 is 0. The number of imidazole rings is 1. The van der Waals surface area contributed by atoms with Gasteiger partial charge in [-0.25, -0.2) is 9.97 Å².